The summed E-state index contributed by atoms with van der Waals surface area (Å²) in [6.07, 6.45) is -1.84. The van der Waals surface area contributed by atoms with Gasteiger partial charge in [-0.3, -0.25) is 4.57 Å². The molecule has 3 nitrogen and oxygen atoms in total. The van der Waals surface area contributed by atoms with Gasteiger partial charge in [-0.2, -0.15) is 0 Å². The van der Waals surface area contributed by atoms with Gasteiger partial charge >= 0.3 is 0 Å². The Bertz CT molecular complexity index is 1890. The molecule has 0 aliphatic heterocycles. The van der Waals surface area contributed by atoms with Crippen molar-refractivity contribution >= 4 is 5.69 Å². The second-order valence-electron chi connectivity index (χ2n) is 5.13. The molecule has 0 saturated carbocycles. The normalized spacial score (nSPS) is 21.0. The van der Waals surface area contributed by atoms with Crippen molar-refractivity contribution in [1.82, 2.24) is 9.55 Å². The number of rotatable bonds is 3. The Hall–Kier alpha value is -3.64. The summed E-state index contributed by atoms with van der Waals surface area (Å²) in [7, 11) is 0. The highest BCUT2D eigenvalue weighted by atomic mass is 15.1. The zero-order valence-electron chi connectivity index (χ0n) is 31.4. The topological polar surface area (TPSA) is 22.2 Å². The van der Waals surface area contributed by atoms with E-state index < -0.39 is 131 Å². The summed E-state index contributed by atoms with van der Waals surface area (Å²) in [6.45, 7) is 0.481. The molecule has 1 aromatic heterocycles. The van der Waals surface area contributed by atoms with E-state index in [0.29, 0.717) is 4.57 Å². The van der Waals surface area contributed by atoms with E-state index in [9.17, 15) is 0 Å². The molecule has 0 atom stereocenters. The molecule has 3 aromatic carbocycles. The summed E-state index contributed by atoms with van der Waals surface area (Å²) in [5.74, 6) is -0.668. The quantitative estimate of drug-likeness (QED) is 0.385. The summed E-state index contributed by atoms with van der Waals surface area (Å²) >= 11 is 0. The maximum atomic E-state index is 8.91. The lowest BCUT2D eigenvalue weighted by molar-refractivity contribution is 1.03. The van der Waals surface area contributed by atoms with Gasteiger partial charge in [0.25, 0.3) is 0 Å². The van der Waals surface area contributed by atoms with Crippen molar-refractivity contribution < 1.29 is 24.7 Å². The van der Waals surface area contributed by atoms with Crippen molar-refractivity contribution in [2.75, 3.05) is 0 Å². The number of nitrogens with zero attached hydrogens (tertiary/aromatic N) is 3. The number of aromatic nitrogens is 2. The van der Waals surface area contributed by atoms with Gasteiger partial charge in [-0.05, 0) is 54.1 Å². The van der Waals surface area contributed by atoms with Crippen LogP contribution in [0.4, 0.5) is 5.69 Å². The minimum Gasteiger partial charge on any atom is -0.299 e. The molecular weight excluding hydrogens is 330 g/mol. The van der Waals surface area contributed by atoms with E-state index in [1.807, 2.05) is 0 Å². The smallest absolute Gasteiger partial charge is 0.187 e. The molecule has 1 heterocycles. The fourth-order valence-electron chi connectivity index (χ4n) is 2.37. The molecule has 4 aromatic rings. The molecule has 4 rings (SSSR count). The molecule has 0 bridgehead atoms. The molecular formula is C24H19N3. The number of hydrogen-bond acceptors (Lipinski definition) is 1. The minimum absolute atomic E-state index is 0.463. The van der Waals surface area contributed by atoms with Crippen molar-refractivity contribution in [3.05, 3.63) is 101 Å². The van der Waals surface area contributed by atoms with Crippen molar-refractivity contribution in [2.45, 2.75) is 13.7 Å². The average molecular weight is 368 g/mol. The second kappa shape index (κ2) is 6.93. The van der Waals surface area contributed by atoms with E-state index in [1.165, 1.54) is 0 Å². The summed E-state index contributed by atoms with van der Waals surface area (Å²) in [4.78, 5) is 6.94. The summed E-state index contributed by atoms with van der Waals surface area (Å²) in [5, 5.41) is 0. The first kappa shape index (κ1) is 5.94. The maximum Gasteiger partial charge on any atom is 0.187 e. The summed E-state index contributed by atoms with van der Waals surface area (Å²) < 4.78 is 150. The van der Waals surface area contributed by atoms with Crippen LogP contribution in [-0.2, 0) is 0 Å². The first-order chi connectivity index (χ1) is 20.6. The van der Waals surface area contributed by atoms with Crippen molar-refractivity contribution in [2.24, 2.45) is 0 Å². The largest absolute Gasteiger partial charge is 0.299 e. The van der Waals surface area contributed by atoms with Gasteiger partial charge in [0.05, 0.1) is 26.0 Å². The molecule has 0 spiro atoms. The average Bonchev–Trinajstić information content (AvgIpc) is 3.21. The van der Waals surface area contributed by atoms with Crippen LogP contribution in [0.15, 0.2) is 78.8 Å². The highest BCUT2D eigenvalue weighted by Gasteiger charge is 2.13. The van der Waals surface area contributed by atoms with Crippen molar-refractivity contribution in [3.8, 4) is 28.2 Å². The first-order valence-electron chi connectivity index (χ1n) is 16.4. The molecule has 0 amide bonds. The first-order valence-corrected chi connectivity index (χ1v) is 7.39. The van der Waals surface area contributed by atoms with Crippen LogP contribution in [0.25, 0.3) is 33.0 Å². The molecule has 0 saturated heterocycles. The molecule has 0 N–H and O–H groups in total. The Balaban J connectivity index is 2.36. The fraction of sp³-hybridized carbons (Fsp3) is 0.0833. The van der Waals surface area contributed by atoms with Crippen LogP contribution in [0.1, 0.15) is 35.8 Å². The second-order valence-corrected chi connectivity index (χ2v) is 5.13. The Morgan fingerprint density at radius 3 is 2.44 bits per heavy atom. The van der Waals surface area contributed by atoms with Gasteiger partial charge in [0.15, 0.2) is 5.69 Å². The maximum absolute atomic E-state index is 8.91. The highest BCUT2D eigenvalue weighted by Crippen LogP contribution is 2.31. The summed E-state index contributed by atoms with van der Waals surface area (Å²) in [5.41, 5.74) is -6.09. The number of imidazole rings is 1. The standard InChI is InChI=1S/C24H19N3/c1-17-14-21(19-8-5-4-6-9-19)15-18(2)23(17)27-13-12-26-24(27)20-10-7-11-22(16-20)25-3/h4-16H,1-2H3/i1D3,2D3,4D,5D,6D,7D,8D,9D,11D,12D,13D,14D,15D,16D. The van der Waals surface area contributed by atoms with Gasteiger partial charge in [-0.25, -0.2) is 9.83 Å². The lowest BCUT2D eigenvalue weighted by Gasteiger charge is -2.16. The minimum atomic E-state index is -3.44. The van der Waals surface area contributed by atoms with Crippen molar-refractivity contribution in [1.29, 1.82) is 0 Å². The molecule has 130 valence electrons. The van der Waals surface area contributed by atoms with E-state index >= 15 is 0 Å². The van der Waals surface area contributed by atoms with Crippen LogP contribution in [0.5, 0.6) is 0 Å². The van der Waals surface area contributed by atoms with Crippen LogP contribution in [0, 0.1) is 20.3 Å². The Labute approximate surface area is 184 Å². The third kappa shape index (κ3) is 3.14. The van der Waals surface area contributed by atoms with Gasteiger partial charge in [-0.1, -0.05) is 48.4 Å². The molecule has 3 heteroatoms. The van der Waals surface area contributed by atoms with E-state index in [1.54, 1.807) is 0 Å². The highest BCUT2D eigenvalue weighted by molar-refractivity contribution is 5.71. The van der Waals surface area contributed by atoms with Crippen LogP contribution in [-0.4, -0.2) is 9.55 Å². The Morgan fingerprint density at radius 1 is 0.963 bits per heavy atom. The van der Waals surface area contributed by atoms with Gasteiger partial charge in [0.1, 0.15) is 5.82 Å². The molecule has 27 heavy (non-hydrogen) atoms. The zero-order chi connectivity index (χ0) is 34.2. The zero-order valence-corrected chi connectivity index (χ0v) is 13.4. The summed E-state index contributed by atoms with van der Waals surface area (Å²) in [6, 6.07) is -7.84. The van der Waals surface area contributed by atoms with Crippen molar-refractivity contribution in [3.63, 3.8) is 0 Å². The van der Waals surface area contributed by atoms with Crippen LogP contribution < -0.4 is 0 Å². The number of hydrogen-bond donors (Lipinski definition) is 0. The van der Waals surface area contributed by atoms with Gasteiger partial charge in [0, 0.05) is 28.9 Å². The predicted octanol–water partition coefficient (Wildman–Crippen LogP) is 6.37. The number of benzene rings is 3. The van der Waals surface area contributed by atoms with Crippen LogP contribution in [0.3, 0.4) is 0 Å². The SMILES string of the molecule is [2H]c1cc(-c2nc([2H])c([2H])n2-c2c(C([2H])([2H])[2H])c([2H])c(-c3c([2H])c([2H])c([2H])c([2H])c3[2H])c([2H])c2C([2H])([2H])[2H])c([2H])c([N+]#[C-])c1[2H]. The van der Waals surface area contributed by atoms with E-state index in [-0.39, 0.29) is 0 Å². The van der Waals surface area contributed by atoms with E-state index in [2.05, 4.69) is 9.83 Å². The monoisotopic (exact) mass is 367 g/mol. The molecule has 0 unspecified atom stereocenters. The van der Waals surface area contributed by atoms with Gasteiger partial charge in [0.2, 0.25) is 0 Å². The van der Waals surface area contributed by atoms with Gasteiger partial charge in [-0.15, -0.1) is 0 Å². The van der Waals surface area contributed by atoms with Crippen LogP contribution >= 0.6 is 0 Å². The molecule has 0 fully saturated rings. The molecule has 0 aliphatic rings. The van der Waals surface area contributed by atoms with E-state index in [0.717, 1.165) is 6.07 Å². The predicted molar refractivity (Wildman–Crippen MR) is 110 cm³/mol. The van der Waals surface area contributed by atoms with E-state index in [4.69, 9.17) is 31.2 Å². The Morgan fingerprint density at radius 2 is 1.74 bits per heavy atom. The Kier molecular flexibility index (Phi) is 1.52. The lowest BCUT2D eigenvalue weighted by atomic mass is 9.98. The molecule has 0 aliphatic carbocycles. The van der Waals surface area contributed by atoms with Crippen LogP contribution in [0.2, 0.25) is 0 Å². The molecule has 0 radical (unpaired) electrons. The lowest BCUT2D eigenvalue weighted by Crippen LogP contribution is -2.02. The third-order valence-corrected chi connectivity index (χ3v) is 3.50. The third-order valence-electron chi connectivity index (χ3n) is 3.50. The van der Waals surface area contributed by atoms with Gasteiger partial charge < -0.3 is 0 Å². The fourth-order valence-corrected chi connectivity index (χ4v) is 2.37.